The lowest BCUT2D eigenvalue weighted by Gasteiger charge is -2.27. The van der Waals surface area contributed by atoms with Crippen molar-refractivity contribution < 1.29 is 9.47 Å². The van der Waals surface area contributed by atoms with Crippen LogP contribution in [-0.4, -0.2) is 63.9 Å². The first-order valence-electron chi connectivity index (χ1n) is 9.08. The molecule has 142 valence electrons. The van der Waals surface area contributed by atoms with E-state index in [1.807, 2.05) is 24.3 Å². The van der Waals surface area contributed by atoms with Gasteiger partial charge in [-0.1, -0.05) is 19.9 Å². The van der Waals surface area contributed by atoms with Crippen molar-refractivity contribution in [3.63, 3.8) is 0 Å². The first kappa shape index (κ1) is 21.3. The predicted octanol–water partition coefficient (Wildman–Crippen LogP) is 2.82. The molecule has 0 radical (unpaired) electrons. The van der Waals surface area contributed by atoms with Crippen LogP contribution >= 0.6 is 0 Å². The summed E-state index contributed by atoms with van der Waals surface area (Å²) in [5.74, 6) is 1.60. The van der Waals surface area contributed by atoms with E-state index in [-0.39, 0.29) is 0 Å². The van der Waals surface area contributed by atoms with Crippen molar-refractivity contribution in [3.05, 3.63) is 24.3 Å². The molecule has 0 aromatic heterocycles. The standard InChI is InChI=1S/C19H34N4O2/c1-6-23(7-2)16(3)15-21-19(20-4)22-17-10-8-11-18(14-17)25-13-9-12-24-5/h8,10-11,14,16H,6-7,9,12-13,15H2,1-5H3,(H2,20,21,22). The Morgan fingerprint density at radius 3 is 2.64 bits per heavy atom. The van der Waals surface area contributed by atoms with Gasteiger partial charge in [-0.3, -0.25) is 9.89 Å². The minimum atomic E-state index is 0.448. The second-order valence-corrected chi connectivity index (χ2v) is 5.87. The van der Waals surface area contributed by atoms with Gasteiger partial charge >= 0.3 is 0 Å². The van der Waals surface area contributed by atoms with Crippen molar-refractivity contribution >= 4 is 11.6 Å². The molecule has 0 fully saturated rings. The van der Waals surface area contributed by atoms with Crippen LogP contribution in [0.2, 0.25) is 0 Å². The Balaban J connectivity index is 2.52. The predicted molar refractivity (Wildman–Crippen MR) is 106 cm³/mol. The quantitative estimate of drug-likeness (QED) is 0.365. The fourth-order valence-electron chi connectivity index (χ4n) is 2.59. The normalized spacial score (nSPS) is 13.0. The van der Waals surface area contributed by atoms with Crippen molar-refractivity contribution in [2.75, 3.05) is 52.3 Å². The summed E-state index contributed by atoms with van der Waals surface area (Å²) >= 11 is 0. The number of rotatable bonds is 11. The summed E-state index contributed by atoms with van der Waals surface area (Å²) in [6.45, 7) is 10.9. The highest BCUT2D eigenvalue weighted by molar-refractivity contribution is 5.93. The zero-order chi connectivity index (χ0) is 18.5. The maximum absolute atomic E-state index is 5.74. The van der Waals surface area contributed by atoms with Crippen molar-refractivity contribution in [3.8, 4) is 5.75 Å². The van der Waals surface area contributed by atoms with Crippen molar-refractivity contribution in [2.24, 2.45) is 4.99 Å². The molecule has 0 saturated heterocycles. The maximum Gasteiger partial charge on any atom is 0.195 e. The molecule has 2 N–H and O–H groups in total. The van der Waals surface area contributed by atoms with E-state index in [2.05, 4.69) is 41.3 Å². The van der Waals surface area contributed by atoms with Crippen LogP contribution < -0.4 is 15.4 Å². The van der Waals surface area contributed by atoms with Gasteiger partial charge in [0.25, 0.3) is 0 Å². The Morgan fingerprint density at radius 1 is 1.24 bits per heavy atom. The molecule has 0 spiro atoms. The molecule has 0 heterocycles. The lowest BCUT2D eigenvalue weighted by atomic mass is 10.2. The van der Waals surface area contributed by atoms with E-state index in [1.54, 1.807) is 14.2 Å². The van der Waals surface area contributed by atoms with Gasteiger partial charge in [0.15, 0.2) is 5.96 Å². The van der Waals surface area contributed by atoms with Crippen LogP contribution in [-0.2, 0) is 4.74 Å². The fraction of sp³-hybridized carbons (Fsp3) is 0.632. The van der Waals surface area contributed by atoms with Crippen LogP contribution in [0.4, 0.5) is 5.69 Å². The van der Waals surface area contributed by atoms with Gasteiger partial charge in [-0.15, -0.1) is 0 Å². The molecule has 25 heavy (non-hydrogen) atoms. The Morgan fingerprint density at radius 2 is 2.00 bits per heavy atom. The first-order chi connectivity index (χ1) is 12.1. The second-order valence-electron chi connectivity index (χ2n) is 5.87. The number of nitrogens with zero attached hydrogens (tertiary/aromatic N) is 2. The number of aliphatic imine (C=N–C) groups is 1. The molecular formula is C19H34N4O2. The van der Waals surface area contributed by atoms with Crippen LogP contribution in [0.3, 0.4) is 0 Å². The van der Waals surface area contributed by atoms with E-state index in [9.17, 15) is 0 Å². The molecule has 6 heteroatoms. The van der Waals surface area contributed by atoms with Crippen LogP contribution in [0.1, 0.15) is 27.2 Å². The van der Waals surface area contributed by atoms with Gasteiger partial charge in [-0.25, -0.2) is 0 Å². The van der Waals surface area contributed by atoms with E-state index in [0.29, 0.717) is 19.3 Å². The third-order valence-electron chi connectivity index (χ3n) is 4.08. The van der Waals surface area contributed by atoms with Gasteiger partial charge in [0, 0.05) is 51.5 Å². The van der Waals surface area contributed by atoms with Crippen LogP contribution in [0.15, 0.2) is 29.3 Å². The number of methoxy groups -OCH3 is 1. The highest BCUT2D eigenvalue weighted by Crippen LogP contribution is 2.17. The van der Waals surface area contributed by atoms with E-state index >= 15 is 0 Å². The number of hydrogen-bond donors (Lipinski definition) is 2. The van der Waals surface area contributed by atoms with Gasteiger partial charge in [-0.2, -0.15) is 0 Å². The molecule has 1 unspecified atom stereocenters. The molecule has 0 aliphatic rings. The highest BCUT2D eigenvalue weighted by Gasteiger charge is 2.10. The molecule has 0 bridgehead atoms. The SMILES string of the molecule is CCN(CC)C(C)CNC(=NC)Nc1cccc(OCCCOC)c1. The lowest BCUT2D eigenvalue weighted by Crippen LogP contribution is -2.43. The Hall–Kier alpha value is -1.79. The van der Waals surface area contributed by atoms with Crippen LogP contribution in [0, 0.1) is 0 Å². The smallest absolute Gasteiger partial charge is 0.195 e. The van der Waals surface area contributed by atoms with Crippen molar-refractivity contribution in [1.82, 2.24) is 10.2 Å². The van der Waals surface area contributed by atoms with Crippen LogP contribution in [0.25, 0.3) is 0 Å². The third kappa shape index (κ3) is 8.23. The van der Waals surface area contributed by atoms with E-state index in [4.69, 9.17) is 9.47 Å². The average Bonchev–Trinajstić information content (AvgIpc) is 2.63. The number of likely N-dealkylation sites (N-methyl/N-ethyl adjacent to an activating group) is 1. The number of nitrogens with one attached hydrogen (secondary N) is 2. The minimum absolute atomic E-state index is 0.448. The molecule has 1 aromatic carbocycles. The summed E-state index contributed by atoms with van der Waals surface area (Å²) in [4.78, 5) is 6.71. The summed E-state index contributed by atoms with van der Waals surface area (Å²) in [5.41, 5.74) is 0.952. The summed E-state index contributed by atoms with van der Waals surface area (Å²) in [7, 11) is 3.48. The monoisotopic (exact) mass is 350 g/mol. The van der Waals surface area contributed by atoms with Gasteiger partial charge in [0.2, 0.25) is 0 Å². The van der Waals surface area contributed by atoms with Gasteiger partial charge in [0.05, 0.1) is 6.61 Å². The summed E-state index contributed by atoms with van der Waals surface area (Å²) < 4.78 is 10.8. The molecule has 1 atom stereocenters. The second kappa shape index (κ2) is 12.6. The number of guanidine groups is 1. The molecule has 0 aliphatic carbocycles. The summed E-state index contributed by atoms with van der Waals surface area (Å²) in [6, 6.07) is 8.36. The molecular weight excluding hydrogens is 316 g/mol. The average molecular weight is 351 g/mol. The largest absolute Gasteiger partial charge is 0.493 e. The number of benzene rings is 1. The van der Waals surface area contributed by atoms with Gasteiger partial charge in [0.1, 0.15) is 5.75 Å². The fourth-order valence-corrected chi connectivity index (χ4v) is 2.59. The highest BCUT2D eigenvalue weighted by atomic mass is 16.5. The Kier molecular flexibility index (Phi) is 10.7. The number of hydrogen-bond acceptors (Lipinski definition) is 4. The molecule has 1 aromatic rings. The van der Waals surface area contributed by atoms with Crippen molar-refractivity contribution in [1.29, 1.82) is 0 Å². The number of anilines is 1. The van der Waals surface area contributed by atoms with Gasteiger partial charge < -0.3 is 20.1 Å². The Bertz CT molecular complexity index is 504. The van der Waals surface area contributed by atoms with Gasteiger partial charge in [-0.05, 0) is 32.1 Å². The summed E-state index contributed by atoms with van der Waals surface area (Å²) in [6.07, 6.45) is 0.876. The Labute approximate surface area is 152 Å². The topological polar surface area (TPSA) is 58.1 Å². The maximum atomic E-state index is 5.74. The zero-order valence-corrected chi connectivity index (χ0v) is 16.3. The van der Waals surface area contributed by atoms with E-state index in [1.165, 1.54) is 0 Å². The van der Waals surface area contributed by atoms with Crippen LogP contribution in [0.5, 0.6) is 5.75 Å². The minimum Gasteiger partial charge on any atom is -0.493 e. The molecule has 0 aliphatic heterocycles. The van der Waals surface area contributed by atoms with Crippen molar-refractivity contribution in [2.45, 2.75) is 33.2 Å². The summed E-state index contributed by atoms with van der Waals surface area (Å²) in [5, 5.41) is 6.70. The molecule has 6 nitrogen and oxygen atoms in total. The molecule has 1 rings (SSSR count). The number of ether oxygens (including phenoxy) is 2. The van der Waals surface area contributed by atoms with E-state index in [0.717, 1.165) is 43.5 Å². The third-order valence-corrected chi connectivity index (χ3v) is 4.08. The lowest BCUT2D eigenvalue weighted by molar-refractivity contribution is 0.172. The molecule has 0 amide bonds. The first-order valence-corrected chi connectivity index (χ1v) is 9.08. The van der Waals surface area contributed by atoms with E-state index < -0.39 is 0 Å². The zero-order valence-electron chi connectivity index (χ0n) is 16.3. The molecule has 0 saturated carbocycles.